The van der Waals surface area contributed by atoms with Gasteiger partial charge in [0, 0.05) is 0 Å². The van der Waals surface area contributed by atoms with E-state index in [1.54, 1.807) is 12.1 Å². The zero-order valence-electron chi connectivity index (χ0n) is 21.9. The molecule has 0 fully saturated rings. The largest absolute Gasteiger partial charge is 0.478 e. The van der Waals surface area contributed by atoms with Gasteiger partial charge in [-0.1, -0.05) is 66.7 Å². The summed E-state index contributed by atoms with van der Waals surface area (Å²) in [6.07, 6.45) is 0. The third kappa shape index (κ3) is 4.25. The first-order valence-electron chi connectivity index (χ1n) is 12.5. The lowest BCUT2D eigenvalue weighted by molar-refractivity contribution is -0.143. The zero-order chi connectivity index (χ0) is 28.3. The highest BCUT2D eigenvalue weighted by Gasteiger charge is 2.60. The molecule has 1 N–H and O–H groups in total. The minimum atomic E-state index is -3.20. The fourth-order valence-corrected chi connectivity index (χ4v) is 9.81. The van der Waals surface area contributed by atoms with Crippen LogP contribution in [0.15, 0.2) is 127 Å². The van der Waals surface area contributed by atoms with Gasteiger partial charge in [-0.25, -0.2) is 4.79 Å². The third-order valence-corrected chi connectivity index (χ3v) is 11.3. The molecule has 0 aliphatic carbocycles. The lowest BCUT2D eigenvalue weighted by atomic mass is 10.1. The van der Waals surface area contributed by atoms with Crippen molar-refractivity contribution >= 4 is 41.0 Å². The molecule has 0 aromatic heterocycles. The van der Waals surface area contributed by atoms with E-state index in [9.17, 15) is 19.5 Å². The molecule has 0 saturated carbocycles. The average Bonchev–Trinajstić information content (AvgIpc) is 3.27. The van der Waals surface area contributed by atoms with E-state index < -0.39 is 37.0 Å². The van der Waals surface area contributed by atoms with Crippen molar-refractivity contribution in [2.24, 2.45) is 0 Å². The summed E-state index contributed by atoms with van der Waals surface area (Å²) in [4.78, 5) is 42.2. The van der Waals surface area contributed by atoms with E-state index in [-0.39, 0.29) is 16.4 Å². The monoisotopic (exact) mass is 552 g/mol. The molecular weight excluding hydrogens is 525 g/mol. The molecule has 0 bridgehead atoms. The van der Waals surface area contributed by atoms with E-state index in [1.165, 1.54) is 26.4 Å². The number of benzene rings is 4. The predicted molar refractivity (Wildman–Crippen MR) is 155 cm³/mol. The standard InChI is InChI=1S/C32H26NO6P/c1-38-31(36)27(33-29(34)25-20-12-13-21-26(25)30(33)35)28(32(37)39-2)40(22-14-6-3-7-15-22,23-16-8-4-9-17-23)24-18-10-5-11-19-24/h3-21,27H,1-2H3/p+1/b32-28+. The number of carbonyl (C=O) groups is 3. The number of imide groups is 1. The first-order valence-corrected chi connectivity index (χ1v) is 14.3. The van der Waals surface area contributed by atoms with Crippen LogP contribution < -0.4 is 15.9 Å². The summed E-state index contributed by atoms with van der Waals surface area (Å²) >= 11 is 0. The van der Waals surface area contributed by atoms with Crippen molar-refractivity contribution in [3.63, 3.8) is 0 Å². The minimum Gasteiger partial charge on any atom is -0.478 e. The van der Waals surface area contributed by atoms with Crippen LogP contribution in [0.1, 0.15) is 20.7 Å². The number of ether oxygens (including phenoxy) is 2. The Hall–Kier alpha value is -4.74. The van der Waals surface area contributed by atoms with E-state index in [4.69, 9.17) is 9.47 Å². The summed E-state index contributed by atoms with van der Waals surface area (Å²) in [6, 6.07) is 33.0. The molecule has 0 radical (unpaired) electrons. The van der Waals surface area contributed by atoms with Crippen LogP contribution >= 0.6 is 7.26 Å². The smallest absolute Gasteiger partial charge is 0.337 e. The van der Waals surface area contributed by atoms with Gasteiger partial charge in [0.05, 0.1) is 25.3 Å². The number of nitrogens with zero attached hydrogens (tertiary/aromatic N) is 1. The van der Waals surface area contributed by atoms with Crippen LogP contribution in [-0.2, 0) is 14.3 Å². The second-order valence-corrected chi connectivity index (χ2v) is 12.4. The minimum absolute atomic E-state index is 0.0694. The van der Waals surface area contributed by atoms with Crippen LogP contribution in [0.3, 0.4) is 0 Å². The van der Waals surface area contributed by atoms with E-state index >= 15 is 0 Å². The lowest BCUT2D eigenvalue weighted by Gasteiger charge is -2.34. The second kappa shape index (κ2) is 11.2. The maximum atomic E-state index is 13.8. The van der Waals surface area contributed by atoms with Crippen molar-refractivity contribution in [2.75, 3.05) is 14.2 Å². The number of aliphatic hydroxyl groups is 1. The van der Waals surface area contributed by atoms with Gasteiger partial charge in [0.1, 0.15) is 15.9 Å². The van der Waals surface area contributed by atoms with Crippen molar-refractivity contribution in [1.29, 1.82) is 0 Å². The van der Waals surface area contributed by atoms with Crippen LogP contribution in [0.4, 0.5) is 0 Å². The van der Waals surface area contributed by atoms with Crippen LogP contribution in [0.2, 0.25) is 0 Å². The molecule has 1 atom stereocenters. The Morgan fingerprint density at radius 1 is 0.650 bits per heavy atom. The molecular formula is C32H27NO6P+. The number of aliphatic hydroxyl groups excluding tert-OH is 1. The molecule has 1 unspecified atom stereocenters. The number of rotatable bonds is 8. The fourth-order valence-electron chi connectivity index (χ4n) is 5.26. The summed E-state index contributed by atoms with van der Waals surface area (Å²) in [5.74, 6) is -2.79. The number of hydrogen-bond acceptors (Lipinski definition) is 6. The molecule has 0 spiro atoms. The lowest BCUT2D eigenvalue weighted by Crippen LogP contribution is -2.50. The van der Waals surface area contributed by atoms with Crippen LogP contribution in [0, 0.1) is 0 Å². The van der Waals surface area contributed by atoms with Gasteiger partial charge >= 0.3 is 11.9 Å². The van der Waals surface area contributed by atoms with Crippen molar-refractivity contribution in [3.8, 4) is 0 Å². The normalized spacial score (nSPS) is 14.3. The Kier molecular flexibility index (Phi) is 7.50. The molecule has 200 valence electrons. The Morgan fingerprint density at radius 3 is 1.38 bits per heavy atom. The number of hydrogen-bond donors (Lipinski definition) is 1. The number of fused-ring (bicyclic) bond motifs is 1. The van der Waals surface area contributed by atoms with Crippen molar-refractivity contribution < 1.29 is 29.0 Å². The Morgan fingerprint density at radius 2 is 1.02 bits per heavy atom. The summed E-state index contributed by atoms with van der Waals surface area (Å²) in [5.41, 5.74) is 0.335. The van der Waals surface area contributed by atoms with Gasteiger partial charge in [-0.3, -0.25) is 14.5 Å². The molecule has 1 aliphatic rings. The molecule has 7 nitrogen and oxygen atoms in total. The van der Waals surface area contributed by atoms with Crippen LogP contribution in [0.25, 0.3) is 0 Å². The quantitative estimate of drug-likeness (QED) is 0.153. The van der Waals surface area contributed by atoms with E-state index in [0.29, 0.717) is 0 Å². The topological polar surface area (TPSA) is 93.1 Å². The van der Waals surface area contributed by atoms with Crippen LogP contribution in [-0.4, -0.2) is 48.1 Å². The van der Waals surface area contributed by atoms with Gasteiger partial charge in [-0.15, -0.1) is 0 Å². The van der Waals surface area contributed by atoms with Gasteiger partial charge < -0.3 is 14.6 Å². The van der Waals surface area contributed by atoms with Gasteiger partial charge in [-0.2, -0.15) is 0 Å². The Labute approximate surface area is 232 Å². The highest BCUT2D eigenvalue weighted by molar-refractivity contribution is 7.99. The summed E-state index contributed by atoms with van der Waals surface area (Å²) in [6.45, 7) is 0. The first kappa shape index (κ1) is 26.9. The predicted octanol–water partition coefficient (Wildman–Crippen LogP) is 4.19. The molecule has 4 aromatic rings. The third-order valence-electron chi connectivity index (χ3n) is 6.97. The second-order valence-electron chi connectivity index (χ2n) is 9.02. The number of carbonyl (C=O) groups excluding carboxylic acids is 3. The van der Waals surface area contributed by atoms with E-state index in [0.717, 1.165) is 20.8 Å². The van der Waals surface area contributed by atoms with Gasteiger partial charge in [-0.05, 0) is 48.5 Å². The van der Waals surface area contributed by atoms with Crippen molar-refractivity contribution in [3.05, 3.63) is 138 Å². The molecule has 1 heterocycles. The zero-order valence-corrected chi connectivity index (χ0v) is 22.8. The fraction of sp³-hybridized carbons (Fsp3) is 0.0938. The van der Waals surface area contributed by atoms with E-state index in [2.05, 4.69) is 0 Å². The molecule has 8 heteroatoms. The highest BCUT2D eigenvalue weighted by Crippen LogP contribution is 2.65. The number of esters is 1. The van der Waals surface area contributed by atoms with Gasteiger partial charge in [0.15, 0.2) is 7.26 Å². The van der Waals surface area contributed by atoms with Gasteiger partial charge in [0.2, 0.25) is 11.4 Å². The molecule has 40 heavy (non-hydrogen) atoms. The van der Waals surface area contributed by atoms with Gasteiger partial charge in [0.25, 0.3) is 11.8 Å². The van der Waals surface area contributed by atoms with E-state index in [1.807, 2.05) is 91.0 Å². The molecule has 5 rings (SSSR count). The number of amides is 2. The Bertz CT molecular complexity index is 1460. The van der Waals surface area contributed by atoms with Crippen molar-refractivity contribution in [1.82, 2.24) is 4.90 Å². The van der Waals surface area contributed by atoms with Crippen molar-refractivity contribution in [2.45, 2.75) is 6.04 Å². The maximum absolute atomic E-state index is 13.8. The molecule has 1 aliphatic heterocycles. The first-order chi connectivity index (χ1) is 19.5. The molecule has 4 aromatic carbocycles. The highest BCUT2D eigenvalue weighted by atomic mass is 31.2. The molecule has 2 amide bonds. The summed E-state index contributed by atoms with van der Waals surface area (Å²) in [5, 5.41) is 14.0. The summed E-state index contributed by atoms with van der Waals surface area (Å²) < 4.78 is 10.7. The maximum Gasteiger partial charge on any atom is 0.337 e. The molecule has 0 saturated heterocycles. The average molecular weight is 553 g/mol. The number of methoxy groups -OCH3 is 2. The SMILES string of the molecule is COC(=O)C(/C(=C(/O)OC)[P+](c1ccccc1)(c1ccccc1)c1ccccc1)N1C(=O)c2ccccc2C1=O. The Balaban J connectivity index is 1.92. The van der Waals surface area contributed by atoms with Crippen LogP contribution in [0.5, 0.6) is 0 Å². The summed E-state index contributed by atoms with van der Waals surface area (Å²) in [7, 11) is -0.740.